The summed E-state index contributed by atoms with van der Waals surface area (Å²) >= 11 is -0.506. The van der Waals surface area contributed by atoms with Crippen LogP contribution in [0.4, 0.5) is 0 Å². The minimum Gasteiger partial charge on any atom is -0.478 e. The van der Waals surface area contributed by atoms with E-state index in [4.69, 9.17) is 0 Å². The van der Waals surface area contributed by atoms with Gasteiger partial charge in [0.05, 0.1) is 0 Å². The zero-order valence-corrected chi connectivity index (χ0v) is 17.4. The third-order valence-electron chi connectivity index (χ3n) is 3.98. The van der Waals surface area contributed by atoms with E-state index in [1.807, 2.05) is 12.1 Å². The molecule has 0 aromatic heterocycles. The maximum absolute atomic E-state index is 11.7. The van der Waals surface area contributed by atoms with Gasteiger partial charge in [0, 0.05) is 0 Å². The summed E-state index contributed by atoms with van der Waals surface area (Å²) in [5, 5.41) is 9.60. The predicted octanol–water partition coefficient (Wildman–Crippen LogP) is 2.11. The molecular weight excluding hydrogens is 411 g/mol. The fourth-order valence-corrected chi connectivity index (χ4v) is 4.80. The van der Waals surface area contributed by atoms with Gasteiger partial charge in [-0.15, -0.1) is 0 Å². The summed E-state index contributed by atoms with van der Waals surface area (Å²) in [6, 6.07) is 14.6. The van der Waals surface area contributed by atoms with Gasteiger partial charge < -0.3 is 5.11 Å². The van der Waals surface area contributed by atoms with E-state index in [9.17, 15) is 9.90 Å². The number of carbonyl (C=O) groups is 1. The molecule has 0 fully saturated rings. The Morgan fingerprint density at radius 3 is 1.79 bits per heavy atom. The Bertz CT molecular complexity index is 732. The number of carboxylic acid groups (broad SMARTS) is 1. The molecule has 2 aromatic rings. The van der Waals surface area contributed by atoms with Crippen LogP contribution in [0.15, 0.2) is 42.5 Å². The Morgan fingerprint density at radius 2 is 1.33 bits per heavy atom. The quantitative estimate of drug-likeness (QED) is 0.748. The molecule has 24 heavy (non-hydrogen) atoms. The number of rotatable bonds is 3. The van der Waals surface area contributed by atoms with E-state index in [0.29, 0.717) is 5.56 Å². The van der Waals surface area contributed by atoms with Gasteiger partial charge in [-0.3, -0.25) is 0 Å². The molecule has 0 aliphatic heterocycles. The third kappa shape index (κ3) is 4.59. The van der Waals surface area contributed by atoms with Crippen molar-refractivity contribution in [3.05, 3.63) is 66.3 Å². The average Bonchev–Trinajstić information content (AvgIpc) is 2.46. The molecule has 0 atom stereocenters. The lowest BCUT2D eigenvalue weighted by Crippen LogP contribution is -3.61. The second-order valence-electron chi connectivity index (χ2n) is 8.10. The molecule has 3 heteroatoms. The highest BCUT2D eigenvalue weighted by Crippen LogP contribution is 2.23. The van der Waals surface area contributed by atoms with Crippen molar-refractivity contribution < 1.29 is 31.1 Å². The SMILES string of the molecule is CC(C)(C)c1ccc([I+]c2ccc(C(C)(C)C)cc2C(=O)O)cc1. The molecule has 0 radical (unpaired) electrons. The maximum atomic E-state index is 11.7. The minimum atomic E-state index is -0.831. The van der Waals surface area contributed by atoms with Crippen LogP contribution in [-0.4, -0.2) is 11.1 Å². The lowest BCUT2D eigenvalue weighted by Gasteiger charge is -2.19. The van der Waals surface area contributed by atoms with Gasteiger partial charge in [-0.05, 0) is 46.2 Å². The largest absolute Gasteiger partial charge is 0.478 e. The monoisotopic (exact) mass is 437 g/mol. The van der Waals surface area contributed by atoms with Crippen molar-refractivity contribution in [2.45, 2.75) is 52.4 Å². The van der Waals surface area contributed by atoms with E-state index in [0.717, 1.165) is 9.13 Å². The molecule has 1 N–H and O–H groups in total. The van der Waals surface area contributed by atoms with Gasteiger partial charge in [0.15, 0.2) is 3.57 Å². The van der Waals surface area contributed by atoms with Crippen LogP contribution in [-0.2, 0) is 10.8 Å². The molecule has 0 aliphatic carbocycles. The smallest absolute Gasteiger partial charge is 0.358 e. The van der Waals surface area contributed by atoms with Crippen molar-refractivity contribution in [1.29, 1.82) is 0 Å². The van der Waals surface area contributed by atoms with E-state index in [1.54, 1.807) is 0 Å². The molecule has 2 rings (SSSR count). The fourth-order valence-electron chi connectivity index (χ4n) is 2.37. The van der Waals surface area contributed by atoms with Crippen LogP contribution in [0.25, 0.3) is 0 Å². The van der Waals surface area contributed by atoms with Crippen molar-refractivity contribution in [2.75, 3.05) is 0 Å². The van der Waals surface area contributed by atoms with Crippen molar-refractivity contribution >= 4 is 5.97 Å². The number of aromatic carboxylic acids is 1. The summed E-state index contributed by atoms with van der Waals surface area (Å²) in [7, 11) is 0. The molecule has 0 amide bonds. The summed E-state index contributed by atoms with van der Waals surface area (Å²) in [6.07, 6.45) is 0. The summed E-state index contributed by atoms with van der Waals surface area (Å²) in [5.74, 6) is -0.831. The van der Waals surface area contributed by atoms with Crippen molar-refractivity contribution in [3.8, 4) is 0 Å². The van der Waals surface area contributed by atoms with Gasteiger partial charge >= 0.3 is 27.2 Å². The molecule has 2 aromatic carbocycles. The van der Waals surface area contributed by atoms with Crippen molar-refractivity contribution in [1.82, 2.24) is 0 Å². The molecule has 0 spiro atoms. The summed E-state index contributed by atoms with van der Waals surface area (Å²) < 4.78 is 2.21. The highest BCUT2D eigenvalue weighted by molar-refractivity contribution is 5.87. The molecular formula is C21H26IO2+. The van der Waals surface area contributed by atoms with E-state index in [-0.39, 0.29) is 10.8 Å². The second-order valence-corrected chi connectivity index (χ2v) is 11.0. The van der Waals surface area contributed by atoms with Gasteiger partial charge in [0.2, 0.25) is 3.57 Å². The van der Waals surface area contributed by atoms with Gasteiger partial charge in [0.25, 0.3) is 0 Å². The fraction of sp³-hybridized carbons (Fsp3) is 0.381. The molecule has 128 valence electrons. The van der Waals surface area contributed by atoms with Crippen LogP contribution in [0.1, 0.15) is 63.0 Å². The first-order valence-corrected chi connectivity index (χ1v) is 10.3. The zero-order chi connectivity index (χ0) is 18.1. The highest BCUT2D eigenvalue weighted by Gasteiger charge is 2.27. The van der Waals surface area contributed by atoms with Gasteiger partial charge in [-0.1, -0.05) is 59.7 Å². The van der Waals surface area contributed by atoms with Gasteiger partial charge in [-0.25, -0.2) is 4.79 Å². The van der Waals surface area contributed by atoms with E-state index in [1.165, 1.54) is 9.13 Å². The van der Waals surface area contributed by atoms with E-state index >= 15 is 0 Å². The first-order valence-electron chi connectivity index (χ1n) is 8.12. The summed E-state index contributed by atoms with van der Waals surface area (Å²) in [5.41, 5.74) is 2.91. The number of benzene rings is 2. The van der Waals surface area contributed by atoms with Crippen molar-refractivity contribution in [3.63, 3.8) is 0 Å². The molecule has 0 bridgehead atoms. The molecule has 0 unspecified atom stereocenters. The first-order chi connectivity index (χ1) is 11.0. The minimum absolute atomic E-state index is 0.0462. The first kappa shape index (κ1) is 19.0. The highest BCUT2D eigenvalue weighted by atomic mass is 127. The van der Waals surface area contributed by atoms with Crippen LogP contribution >= 0.6 is 0 Å². The Labute approximate surface area is 155 Å². The average molecular weight is 437 g/mol. The normalized spacial score (nSPS) is 12.2. The molecule has 2 nitrogen and oxygen atoms in total. The molecule has 0 heterocycles. The predicted molar refractivity (Wildman–Crippen MR) is 94.6 cm³/mol. The Hall–Kier alpha value is -1.36. The zero-order valence-electron chi connectivity index (χ0n) is 15.3. The van der Waals surface area contributed by atoms with Crippen LogP contribution in [0.5, 0.6) is 0 Å². The maximum Gasteiger partial charge on any atom is 0.358 e. The van der Waals surface area contributed by atoms with Crippen LogP contribution in [0.2, 0.25) is 0 Å². The molecule has 0 aliphatic rings. The second kappa shape index (κ2) is 6.87. The number of carboxylic acids is 1. The lowest BCUT2D eigenvalue weighted by molar-refractivity contribution is -0.597. The topological polar surface area (TPSA) is 37.3 Å². The van der Waals surface area contributed by atoms with E-state index in [2.05, 4.69) is 71.9 Å². The van der Waals surface area contributed by atoms with Crippen LogP contribution in [0.3, 0.4) is 0 Å². The Balaban J connectivity index is 2.34. The number of hydrogen-bond acceptors (Lipinski definition) is 1. The molecule has 0 saturated carbocycles. The lowest BCUT2D eigenvalue weighted by atomic mass is 9.86. The standard InChI is InChI=1S/C21H25IO2/c1-20(2,3)14-7-10-16(11-8-14)22-18-12-9-15(21(4,5)6)13-17(18)19(23)24/h7-13H,1-6H3/p+1. The van der Waals surface area contributed by atoms with Gasteiger partial charge in [0.1, 0.15) is 5.56 Å². The third-order valence-corrected chi connectivity index (χ3v) is 6.85. The van der Waals surface area contributed by atoms with Gasteiger partial charge in [-0.2, -0.15) is 0 Å². The summed E-state index contributed by atoms with van der Waals surface area (Å²) in [6.45, 7) is 12.9. The van der Waals surface area contributed by atoms with Crippen LogP contribution in [0, 0.1) is 7.14 Å². The van der Waals surface area contributed by atoms with E-state index < -0.39 is 27.2 Å². The Kier molecular flexibility index (Phi) is 5.43. The number of hydrogen-bond donors (Lipinski definition) is 1. The number of halogens is 1. The van der Waals surface area contributed by atoms with Crippen LogP contribution < -0.4 is 21.2 Å². The molecule has 0 saturated heterocycles. The van der Waals surface area contributed by atoms with Crippen molar-refractivity contribution in [2.24, 2.45) is 0 Å². The Morgan fingerprint density at radius 1 is 0.833 bits per heavy atom. The summed E-state index contributed by atoms with van der Waals surface area (Å²) in [4.78, 5) is 11.7.